The van der Waals surface area contributed by atoms with Crippen molar-refractivity contribution >= 4 is 23.2 Å². The molecule has 0 atom stereocenters. The van der Waals surface area contributed by atoms with Crippen LogP contribution in [0.5, 0.6) is 0 Å². The smallest absolute Gasteiger partial charge is 0.292 e. The summed E-state index contributed by atoms with van der Waals surface area (Å²) >= 11 is 0. The van der Waals surface area contributed by atoms with E-state index in [2.05, 4.69) is 5.32 Å². The van der Waals surface area contributed by atoms with Gasteiger partial charge in [0.15, 0.2) is 0 Å². The van der Waals surface area contributed by atoms with E-state index in [4.69, 9.17) is 0 Å². The molecule has 0 spiro atoms. The van der Waals surface area contributed by atoms with Gasteiger partial charge in [0.05, 0.1) is 10.5 Å². The maximum absolute atomic E-state index is 13.6. The molecule has 1 fully saturated rings. The molecule has 30 heavy (non-hydrogen) atoms. The van der Waals surface area contributed by atoms with E-state index >= 15 is 0 Å². The number of nitro benzene ring substituents is 1. The number of rotatable bonds is 6. The van der Waals surface area contributed by atoms with Gasteiger partial charge in [0.25, 0.3) is 11.6 Å². The highest BCUT2D eigenvalue weighted by Gasteiger charge is 2.25. The van der Waals surface area contributed by atoms with E-state index < -0.39 is 22.5 Å². The number of nitro groups is 1. The van der Waals surface area contributed by atoms with E-state index in [0.29, 0.717) is 37.9 Å². The van der Waals surface area contributed by atoms with Crippen LogP contribution < -0.4 is 10.2 Å². The highest BCUT2D eigenvalue weighted by molar-refractivity contribution is 5.94. The summed E-state index contributed by atoms with van der Waals surface area (Å²) in [6.45, 7) is 1.70. The Morgan fingerprint density at radius 2 is 1.77 bits per heavy atom. The standard InChI is InChI=1S/C20H20F2N4O4/c21-14-5-6-15(16(22)13-14)20(28)23-8-7-19(27)25-11-9-24(10-12-25)17-3-1-2-4-18(17)26(29)30/h1-6,13H,7-12H2,(H,23,28). The van der Waals surface area contributed by atoms with Crippen molar-refractivity contribution in [3.05, 3.63) is 69.8 Å². The van der Waals surface area contributed by atoms with Crippen LogP contribution in [0.25, 0.3) is 0 Å². The number of para-hydroxylation sites is 2. The molecule has 1 N–H and O–H groups in total. The van der Waals surface area contributed by atoms with Gasteiger partial charge in [-0.2, -0.15) is 0 Å². The minimum Gasteiger partial charge on any atom is -0.362 e. The number of anilines is 1. The number of hydrogen-bond acceptors (Lipinski definition) is 5. The molecular weight excluding hydrogens is 398 g/mol. The van der Waals surface area contributed by atoms with Crippen LogP contribution in [0.1, 0.15) is 16.8 Å². The summed E-state index contributed by atoms with van der Waals surface area (Å²) in [6, 6.07) is 9.11. The summed E-state index contributed by atoms with van der Waals surface area (Å²) in [4.78, 5) is 38.6. The first-order valence-corrected chi connectivity index (χ1v) is 9.36. The lowest BCUT2D eigenvalue weighted by Gasteiger charge is -2.35. The Hall–Kier alpha value is -3.56. The van der Waals surface area contributed by atoms with Gasteiger partial charge in [-0.1, -0.05) is 12.1 Å². The number of carbonyl (C=O) groups excluding carboxylic acids is 2. The fourth-order valence-electron chi connectivity index (χ4n) is 3.29. The summed E-state index contributed by atoms with van der Waals surface area (Å²) in [6.07, 6.45) is 0.0278. The molecule has 1 aliphatic rings. The lowest BCUT2D eigenvalue weighted by molar-refractivity contribution is -0.384. The summed E-state index contributed by atoms with van der Waals surface area (Å²) in [5, 5.41) is 13.6. The Morgan fingerprint density at radius 1 is 1.07 bits per heavy atom. The lowest BCUT2D eigenvalue weighted by Crippen LogP contribution is -2.49. The number of piperazine rings is 1. The van der Waals surface area contributed by atoms with Crippen LogP contribution in [0.2, 0.25) is 0 Å². The van der Waals surface area contributed by atoms with Crippen LogP contribution in [-0.2, 0) is 4.79 Å². The lowest BCUT2D eigenvalue weighted by atomic mass is 10.2. The van der Waals surface area contributed by atoms with E-state index in [9.17, 15) is 28.5 Å². The van der Waals surface area contributed by atoms with Gasteiger partial charge in [0.1, 0.15) is 17.3 Å². The quantitative estimate of drug-likeness (QED) is 0.574. The third-order valence-corrected chi connectivity index (χ3v) is 4.85. The van der Waals surface area contributed by atoms with Crippen molar-refractivity contribution in [1.82, 2.24) is 10.2 Å². The van der Waals surface area contributed by atoms with Crippen molar-refractivity contribution in [1.29, 1.82) is 0 Å². The van der Waals surface area contributed by atoms with Crippen molar-refractivity contribution in [2.45, 2.75) is 6.42 Å². The number of nitrogens with one attached hydrogen (secondary N) is 1. The SMILES string of the molecule is O=C(NCCC(=O)N1CCN(c2ccccc2[N+](=O)[O-])CC1)c1ccc(F)cc1F. The van der Waals surface area contributed by atoms with E-state index in [1.807, 2.05) is 4.90 Å². The topological polar surface area (TPSA) is 95.8 Å². The predicted octanol–water partition coefficient (Wildman–Crippen LogP) is 2.34. The molecule has 0 radical (unpaired) electrons. The van der Waals surface area contributed by atoms with E-state index in [1.165, 1.54) is 6.07 Å². The molecule has 158 valence electrons. The van der Waals surface area contributed by atoms with Crippen LogP contribution in [0.3, 0.4) is 0 Å². The number of amides is 2. The molecule has 0 bridgehead atoms. The fraction of sp³-hybridized carbons (Fsp3) is 0.300. The van der Waals surface area contributed by atoms with Gasteiger partial charge < -0.3 is 15.1 Å². The predicted molar refractivity (Wildman–Crippen MR) is 105 cm³/mol. The first-order valence-electron chi connectivity index (χ1n) is 9.36. The summed E-state index contributed by atoms with van der Waals surface area (Å²) in [7, 11) is 0. The van der Waals surface area contributed by atoms with Gasteiger partial charge in [-0.25, -0.2) is 8.78 Å². The number of carbonyl (C=O) groups is 2. The Bertz CT molecular complexity index is 962. The molecule has 10 heteroatoms. The molecule has 0 aliphatic carbocycles. The first-order chi connectivity index (χ1) is 14.4. The number of benzene rings is 2. The molecule has 8 nitrogen and oxygen atoms in total. The van der Waals surface area contributed by atoms with Gasteiger partial charge in [0, 0.05) is 51.3 Å². The van der Waals surface area contributed by atoms with E-state index in [1.54, 1.807) is 23.1 Å². The average Bonchev–Trinajstić information content (AvgIpc) is 2.73. The molecule has 0 unspecified atom stereocenters. The highest BCUT2D eigenvalue weighted by Crippen LogP contribution is 2.28. The zero-order valence-electron chi connectivity index (χ0n) is 16.0. The largest absolute Gasteiger partial charge is 0.362 e. The summed E-state index contributed by atoms with van der Waals surface area (Å²) in [5.41, 5.74) is 0.248. The van der Waals surface area contributed by atoms with Crippen molar-refractivity contribution in [2.24, 2.45) is 0 Å². The van der Waals surface area contributed by atoms with Crippen molar-refractivity contribution in [2.75, 3.05) is 37.6 Å². The minimum absolute atomic E-state index is 0.0128. The van der Waals surface area contributed by atoms with Crippen molar-refractivity contribution < 1.29 is 23.3 Å². The molecule has 1 heterocycles. The zero-order chi connectivity index (χ0) is 21.7. The molecule has 2 amide bonds. The maximum Gasteiger partial charge on any atom is 0.292 e. The van der Waals surface area contributed by atoms with Gasteiger partial charge in [-0.3, -0.25) is 19.7 Å². The van der Waals surface area contributed by atoms with Gasteiger partial charge in [-0.05, 0) is 18.2 Å². The molecule has 0 aromatic heterocycles. The molecule has 0 saturated carbocycles. The van der Waals surface area contributed by atoms with Crippen LogP contribution in [0, 0.1) is 21.7 Å². The normalized spacial score (nSPS) is 13.8. The Balaban J connectivity index is 1.48. The molecule has 1 aliphatic heterocycles. The number of nitrogens with zero attached hydrogens (tertiary/aromatic N) is 3. The van der Waals surface area contributed by atoms with Crippen LogP contribution in [0.15, 0.2) is 42.5 Å². The van der Waals surface area contributed by atoms with Crippen molar-refractivity contribution in [3.8, 4) is 0 Å². The van der Waals surface area contributed by atoms with E-state index in [0.717, 1.165) is 12.1 Å². The summed E-state index contributed by atoms with van der Waals surface area (Å²) < 4.78 is 26.5. The van der Waals surface area contributed by atoms with E-state index in [-0.39, 0.29) is 30.1 Å². The van der Waals surface area contributed by atoms with Gasteiger partial charge in [0.2, 0.25) is 5.91 Å². The second kappa shape index (κ2) is 9.29. The monoisotopic (exact) mass is 418 g/mol. The molecule has 3 rings (SSSR count). The number of halogens is 2. The van der Waals surface area contributed by atoms with Gasteiger partial charge >= 0.3 is 0 Å². The van der Waals surface area contributed by atoms with Crippen LogP contribution in [-0.4, -0.2) is 54.4 Å². The maximum atomic E-state index is 13.6. The van der Waals surface area contributed by atoms with Crippen LogP contribution >= 0.6 is 0 Å². The fourth-order valence-corrected chi connectivity index (χ4v) is 3.29. The third-order valence-electron chi connectivity index (χ3n) is 4.85. The second-order valence-corrected chi connectivity index (χ2v) is 6.74. The van der Waals surface area contributed by atoms with Crippen molar-refractivity contribution in [3.63, 3.8) is 0 Å². The Labute approximate surface area is 171 Å². The first kappa shape index (κ1) is 21.2. The number of hydrogen-bond donors (Lipinski definition) is 1. The average molecular weight is 418 g/mol. The highest BCUT2D eigenvalue weighted by atomic mass is 19.1. The van der Waals surface area contributed by atoms with Crippen LogP contribution in [0.4, 0.5) is 20.2 Å². The molecule has 2 aromatic rings. The minimum atomic E-state index is -0.968. The van der Waals surface area contributed by atoms with Gasteiger partial charge in [-0.15, -0.1) is 0 Å². The molecule has 1 saturated heterocycles. The Kier molecular flexibility index (Phi) is 6.55. The third kappa shape index (κ3) is 4.88. The Morgan fingerprint density at radius 3 is 2.43 bits per heavy atom. The summed E-state index contributed by atoms with van der Waals surface area (Å²) in [5.74, 6) is -2.65. The molecular formula is C20H20F2N4O4. The molecule has 2 aromatic carbocycles. The second-order valence-electron chi connectivity index (χ2n) is 6.74. The zero-order valence-corrected chi connectivity index (χ0v) is 16.0.